The number of sulfonamides is 1. The Hall–Kier alpha value is -2.09. The SMILES string of the molecule is COc1ccc(N2CCC(NS(=O)(=O)c3ccccc3Cl)C2=O)cc1. The highest BCUT2D eigenvalue weighted by Gasteiger charge is 2.36. The molecule has 1 saturated heterocycles. The lowest BCUT2D eigenvalue weighted by atomic mass is 10.2. The van der Waals surface area contributed by atoms with Gasteiger partial charge in [-0.1, -0.05) is 23.7 Å². The lowest BCUT2D eigenvalue weighted by molar-refractivity contribution is -0.118. The van der Waals surface area contributed by atoms with Crippen molar-refractivity contribution in [1.29, 1.82) is 0 Å². The van der Waals surface area contributed by atoms with Crippen molar-refractivity contribution in [2.24, 2.45) is 0 Å². The van der Waals surface area contributed by atoms with Crippen LogP contribution in [0.15, 0.2) is 53.4 Å². The first-order valence-electron chi connectivity index (χ1n) is 7.64. The predicted molar refractivity (Wildman–Crippen MR) is 95.5 cm³/mol. The number of halogens is 1. The minimum atomic E-state index is -3.87. The molecule has 6 nitrogen and oxygen atoms in total. The van der Waals surface area contributed by atoms with Crippen LogP contribution in [0.1, 0.15) is 6.42 Å². The molecule has 3 rings (SSSR count). The lowest BCUT2D eigenvalue weighted by Gasteiger charge is -2.18. The third-order valence-electron chi connectivity index (χ3n) is 4.01. The molecular formula is C17H17ClN2O4S. The van der Waals surface area contributed by atoms with Crippen LogP contribution in [0.2, 0.25) is 5.02 Å². The van der Waals surface area contributed by atoms with E-state index in [2.05, 4.69) is 4.72 Å². The Balaban J connectivity index is 1.77. The number of anilines is 1. The molecule has 1 unspecified atom stereocenters. The van der Waals surface area contributed by atoms with Crippen molar-refractivity contribution in [2.75, 3.05) is 18.6 Å². The first-order chi connectivity index (χ1) is 11.9. The number of hydrogen-bond donors (Lipinski definition) is 1. The summed E-state index contributed by atoms with van der Waals surface area (Å²) in [7, 11) is -2.31. The number of carbonyl (C=O) groups is 1. The van der Waals surface area contributed by atoms with Gasteiger partial charge in [0, 0.05) is 12.2 Å². The summed E-state index contributed by atoms with van der Waals surface area (Å²) in [6.07, 6.45) is 0.383. The van der Waals surface area contributed by atoms with Gasteiger partial charge in [0.25, 0.3) is 0 Å². The third-order valence-corrected chi connectivity index (χ3v) is 5.98. The van der Waals surface area contributed by atoms with Crippen LogP contribution in [0.3, 0.4) is 0 Å². The normalized spacial score (nSPS) is 17.8. The molecule has 1 amide bonds. The lowest BCUT2D eigenvalue weighted by Crippen LogP contribution is -2.41. The number of hydrogen-bond acceptors (Lipinski definition) is 4. The van der Waals surface area contributed by atoms with Crippen molar-refractivity contribution in [3.8, 4) is 5.75 Å². The van der Waals surface area contributed by atoms with E-state index in [0.29, 0.717) is 24.4 Å². The maximum Gasteiger partial charge on any atom is 0.245 e. The average molecular weight is 381 g/mol. The number of methoxy groups -OCH3 is 1. The van der Waals surface area contributed by atoms with Crippen molar-refractivity contribution in [3.63, 3.8) is 0 Å². The Labute approximate surface area is 151 Å². The monoisotopic (exact) mass is 380 g/mol. The molecular weight excluding hydrogens is 364 g/mol. The van der Waals surface area contributed by atoms with Gasteiger partial charge in [-0.2, -0.15) is 4.72 Å². The molecule has 1 aliphatic rings. The molecule has 0 bridgehead atoms. The van der Waals surface area contributed by atoms with Crippen LogP contribution < -0.4 is 14.4 Å². The van der Waals surface area contributed by atoms with Crippen LogP contribution in [0, 0.1) is 0 Å². The average Bonchev–Trinajstić information content (AvgIpc) is 2.95. The number of benzene rings is 2. The third kappa shape index (κ3) is 3.63. The van der Waals surface area contributed by atoms with Crippen molar-refractivity contribution < 1.29 is 17.9 Å². The maximum atomic E-state index is 12.6. The Morgan fingerprint density at radius 2 is 1.84 bits per heavy atom. The van der Waals surface area contributed by atoms with Gasteiger partial charge in [-0.15, -0.1) is 0 Å². The van der Waals surface area contributed by atoms with Crippen LogP contribution in [0.25, 0.3) is 0 Å². The summed E-state index contributed by atoms with van der Waals surface area (Å²) in [5.41, 5.74) is 0.699. The van der Waals surface area contributed by atoms with E-state index in [1.165, 1.54) is 12.1 Å². The largest absolute Gasteiger partial charge is 0.497 e. The number of nitrogens with one attached hydrogen (secondary N) is 1. The van der Waals surface area contributed by atoms with Crippen molar-refractivity contribution in [2.45, 2.75) is 17.4 Å². The van der Waals surface area contributed by atoms with Gasteiger partial charge < -0.3 is 9.64 Å². The van der Waals surface area contributed by atoms with Gasteiger partial charge in [-0.3, -0.25) is 4.79 Å². The van der Waals surface area contributed by atoms with Gasteiger partial charge in [0.2, 0.25) is 15.9 Å². The molecule has 2 aromatic rings. The van der Waals surface area contributed by atoms with Gasteiger partial charge in [-0.05, 0) is 42.8 Å². The maximum absolute atomic E-state index is 12.6. The van der Waals surface area contributed by atoms with Crippen LogP contribution >= 0.6 is 11.6 Å². The molecule has 25 heavy (non-hydrogen) atoms. The molecule has 0 saturated carbocycles. The van der Waals surface area contributed by atoms with Crippen molar-refractivity contribution in [1.82, 2.24) is 4.72 Å². The zero-order valence-corrected chi connectivity index (χ0v) is 15.0. The topological polar surface area (TPSA) is 75.7 Å². The summed E-state index contributed by atoms with van der Waals surface area (Å²) in [5.74, 6) is 0.396. The molecule has 1 atom stereocenters. The van der Waals surface area contributed by atoms with Crippen LogP contribution in [-0.4, -0.2) is 34.0 Å². The minimum absolute atomic E-state index is 0.0348. The summed E-state index contributed by atoms with van der Waals surface area (Å²) in [6.45, 7) is 0.431. The highest BCUT2D eigenvalue weighted by Crippen LogP contribution is 2.26. The van der Waals surface area contributed by atoms with Gasteiger partial charge in [0.05, 0.1) is 12.1 Å². The van der Waals surface area contributed by atoms with Crippen LogP contribution in [0.5, 0.6) is 5.75 Å². The fourth-order valence-corrected chi connectivity index (χ4v) is 4.46. The summed E-state index contributed by atoms with van der Waals surface area (Å²) in [5, 5.41) is 0.118. The highest BCUT2D eigenvalue weighted by atomic mass is 35.5. The number of carbonyl (C=O) groups excluding carboxylic acids is 1. The summed E-state index contributed by atoms with van der Waals surface area (Å²) in [4.78, 5) is 14.1. The van der Waals surface area contributed by atoms with E-state index in [0.717, 1.165) is 0 Å². The Bertz CT molecular complexity index is 884. The quantitative estimate of drug-likeness (QED) is 0.864. The predicted octanol–water partition coefficient (Wildman–Crippen LogP) is 2.43. The van der Waals surface area contributed by atoms with Gasteiger partial charge in [0.1, 0.15) is 16.7 Å². The molecule has 0 spiro atoms. The van der Waals surface area contributed by atoms with Crippen LogP contribution in [0.4, 0.5) is 5.69 Å². The van der Waals surface area contributed by atoms with E-state index in [1.54, 1.807) is 48.4 Å². The molecule has 8 heteroatoms. The molecule has 1 heterocycles. The first kappa shape index (κ1) is 17.7. The van der Waals surface area contributed by atoms with E-state index in [-0.39, 0.29) is 15.8 Å². The first-order valence-corrected chi connectivity index (χ1v) is 9.51. The fraction of sp³-hybridized carbons (Fsp3) is 0.235. The number of amides is 1. The molecule has 132 valence electrons. The Morgan fingerprint density at radius 3 is 2.48 bits per heavy atom. The molecule has 1 fully saturated rings. The Kier molecular flexibility index (Phi) is 4.99. The number of ether oxygens (including phenoxy) is 1. The second kappa shape index (κ2) is 7.03. The van der Waals surface area contributed by atoms with Gasteiger partial charge in [-0.25, -0.2) is 8.42 Å². The van der Waals surface area contributed by atoms with E-state index in [1.807, 2.05) is 0 Å². The fourth-order valence-electron chi connectivity index (χ4n) is 2.72. The van der Waals surface area contributed by atoms with E-state index >= 15 is 0 Å². The smallest absolute Gasteiger partial charge is 0.245 e. The van der Waals surface area contributed by atoms with E-state index in [9.17, 15) is 13.2 Å². The Morgan fingerprint density at radius 1 is 1.16 bits per heavy atom. The number of nitrogens with zero attached hydrogens (tertiary/aromatic N) is 1. The molecule has 1 aliphatic heterocycles. The standard InChI is InChI=1S/C17H17ClN2O4S/c1-24-13-8-6-12(7-9-13)20-11-10-15(17(20)21)19-25(22,23)16-5-3-2-4-14(16)18/h2-9,15,19H,10-11H2,1H3. The molecule has 1 N–H and O–H groups in total. The molecule has 0 aliphatic carbocycles. The zero-order chi connectivity index (χ0) is 18.0. The molecule has 0 radical (unpaired) electrons. The zero-order valence-electron chi connectivity index (χ0n) is 13.5. The van der Waals surface area contributed by atoms with Crippen LogP contribution in [-0.2, 0) is 14.8 Å². The minimum Gasteiger partial charge on any atom is -0.497 e. The second-order valence-electron chi connectivity index (χ2n) is 5.58. The summed E-state index contributed by atoms with van der Waals surface area (Å²) < 4.78 is 32.6. The van der Waals surface area contributed by atoms with Crippen molar-refractivity contribution >= 4 is 33.2 Å². The van der Waals surface area contributed by atoms with Crippen molar-refractivity contribution in [3.05, 3.63) is 53.6 Å². The summed E-state index contributed by atoms with van der Waals surface area (Å²) in [6, 6.07) is 12.4. The molecule has 2 aromatic carbocycles. The number of rotatable bonds is 5. The van der Waals surface area contributed by atoms with E-state index in [4.69, 9.17) is 16.3 Å². The molecule has 0 aromatic heterocycles. The summed E-state index contributed by atoms with van der Waals surface area (Å²) >= 11 is 5.96. The van der Waals surface area contributed by atoms with Gasteiger partial charge in [0.15, 0.2) is 0 Å². The van der Waals surface area contributed by atoms with Gasteiger partial charge >= 0.3 is 0 Å². The second-order valence-corrected chi connectivity index (χ2v) is 7.67. The highest BCUT2D eigenvalue weighted by molar-refractivity contribution is 7.89. The van der Waals surface area contributed by atoms with E-state index < -0.39 is 16.1 Å².